The SMILES string of the molecule is CCCc1ccccc1-n1c(=S)[nH]c2ccc(Br)cc21. The molecule has 102 valence electrons. The molecule has 0 fully saturated rings. The molecule has 3 aromatic rings. The number of para-hydroxylation sites is 1. The van der Waals surface area contributed by atoms with Gasteiger partial charge in [0, 0.05) is 4.47 Å². The van der Waals surface area contributed by atoms with Gasteiger partial charge in [0.25, 0.3) is 0 Å². The molecule has 0 saturated carbocycles. The Hall–Kier alpha value is -1.39. The molecule has 0 saturated heterocycles. The molecule has 0 amide bonds. The van der Waals surface area contributed by atoms with E-state index in [0.717, 1.165) is 33.1 Å². The second-order valence-electron chi connectivity index (χ2n) is 4.81. The van der Waals surface area contributed by atoms with Crippen LogP contribution >= 0.6 is 28.1 Å². The Bertz CT molecular complexity index is 817. The van der Waals surface area contributed by atoms with E-state index in [1.807, 2.05) is 12.1 Å². The standard InChI is InChI=1S/C16H15BrN2S/c1-2-5-11-6-3-4-7-14(11)19-15-10-12(17)8-9-13(15)18-16(19)20/h3-4,6-10H,2,5H2,1H3,(H,18,20). The summed E-state index contributed by atoms with van der Waals surface area (Å²) in [5, 5.41) is 0. The molecule has 1 heterocycles. The Balaban J connectivity index is 2.32. The molecule has 4 heteroatoms. The molecule has 0 atom stereocenters. The average Bonchev–Trinajstić information content (AvgIpc) is 2.75. The topological polar surface area (TPSA) is 20.7 Å². The molecule has 1 aromatic heterocycles. The average molecular weight is 347 g/mol. The Kier molecular flexibility index (Phi) is 3.76. The fourth-order valence-electron chi connectivity index (χ4n) is 2.52. The maximum atomic E-state index is 5.51. The summed E-state index contributed by atoms with van der Waals surface area (Å²) in [4.78, 5) is 3.28. The van der Waals surface area contributed by atoms with Gasteiger partial charge in [-0.3, -0.25) is 4.57 Å². The number of nitrogens with one attached hydrogen (secondary N) is 1. The molecule has 2 nitrogen and oxygen atoms in total. The zero-order valence-electron chi connectivity index (χ0n) is 11.2. The van der Waals surface area contributed by atoms with Gasteiger partial charge in [-0.25, -0.2) is 0 Å². The zero-order chi connectivity index (χ0) is 14.1. The number of fused-ring (bicyclic) bond motifs is 1. The predicted octanol–water partition coefficient (Wildman–Crippen LogP) is 5.40. The van der Waals surface area contributed by atoms with Crippen LogP contribution in [0.5, 0.6) is 0 Å². The molecule has 1 N–H and O–H groups in total. The normalized spacial score (nSPS) is 11.1. The summed E-state index contributed by atoms with van der Waals surface area (Å²) in [5.41, 5.74) is 4.66. The van der Waals surface area contributed by atoms with Gasteiger partial charge >= 0.3 is 0 Å². The summed E-state index contributed by atoms with van der Waals surface area (Å²) in [6.07, 6.45) is 2.18. The fourth-order valence-corrected chi connectivity index (χ4v) is 3.18. The number of imidazole rings is 1. The number of benzene rings is 2. The number of aromatic nitrogens is 2. The first kappa shape index (κ1) is 13.6. The molecular weight excluding hydrogens is 332 g/mol. The van der Waals surface area contributed by atoms with E-state index in [2.05, 4.69) is 62.7 Å². The summed E-state index contributed by atoms with van der Waals surface area (Å²) in [7, 11) is 0. The van der Waals surface area contributed by atoms with E-state index in [0.29, 0.717) is 0 Å². The minimum atomic E-state index is 0.738. The van der Waals surface area contributed by atoms with Crippen LogP contribution in [0.3, 0.4) is 0 Å². The minimum absolute atomic E-state index is 0.738. The molecule has 0 aliphatic heterocycles. The largest absolute Gasteiger partial charge is 0.330 e. The minimum Gasteiger partial charge on any atom is -0.330 e. The lowest BCUT2D eigenvalue weighted by molar-refractivity contribution is 0.900. The first-order chi connectivity index (χ1) is 9.70. The smallest absolute Gasteiger partial charge is 0.182 e. The molecule has 0 radical (unpaired) electrons. The van der Waals surface area contributed by atoms with Gasteiger partial charge in [-0.1, -0.05) is 47.5 Å². The maximum Gasteiger partial charge on any atom is 0.182 e. The van der Waals surface area contributed by atoms with Gasteiger partial charge in [-0.05, 0) is 48.5 Å². The van der Waals surface area contributed by atoms with Crippen LogP contribution in [0, 0.1) is 4.77 Å². The van der Waals surface area contributed by atoms with Crippen LogP contribution in [0.2, 0.25) is 0 Å². The van der Waals surface area contributed by atoms with Crippen molar-refractivity contribution in [3.63, 3.8) is 0 Å². The Morgan fingerprint density at radius 1 is 1.20 bits per heavy atom. The monoisotopic (exact) mass is 346 g/mol. The molecular formula is C16H15BrN2S. The van der Waals surface area contributed by atoms with Crippen molar-refractivity contribution in [2.75, 3.05) is 0 Å². The zero-order valence-corrected chi connectivity index (χ0v) is 13.6. The quantitative estimate of drug-likeness (QED) is 0.629. The molecule has 2 aromatic carbocycles. The Morgan fingerprint density at radius 3 is 2.80 bits per heavy atom. The molecule has 0 bridgehead atoms. The molecule has 0 aliphatic rings. The van der Waals surface area contributed by atoms with Gasteiger partial charge in [-0.2, -0.15) is 0 Å². The maximum absolute atomic E-state index is 5.51. The number of aromatic amines is 1. The number of halogens is 1. The fraction of sp³-hybridized carbons (Fsp3) is 0.188. The lowest BCUT2D eigenvalue weighted by Crippen LogP contribution is -1.99. The predicted molar refractivity (Wildman–Crippen MR) is 90.2 cm³/mol. The third kappa shape index (κ3) is 2.34. The highest BCUT2D eigenvalue weighted by Gasteiger charge is 2.10. The van der Waals surface area contributed by atoms with Gasteiger partial charge in [0.2, 0.25) is 0 Å². The van der Waals surface area contributed by atoms with Crippen LogP contribution in [0.4, 0.5) is 0 Å². The van der Waals surface area contributed by atoms with Crippen molar-refractivity contribution in [1.82, 2.24) is 9.55 Å². The lowest BCUT2D eigenvalue weighted by atomic mass is 10.1. The van der Waals surface area contributed by atoms with Crippen molar-refractivity contribution in [2.45, 2.75) is 19.8 Å². The van der Waals surface area contributed by atoms with Crippen LogP contribution in [0.25, 0.3) is 16.7 Å². The molecule has 0 aliphatic carbocycles. The van der Waals surface area contributed by atoms with Crippen molar-refractivity contribution < 1.29 is 0 Å². The lowest BCUT2D eigenvalue weighted by Gasteiger charge is -2.10. The number of nitrogens with zero attached hydrogens (tertiary/aromatic N) is 1. The molecule has 20 heavy (non-hydrogen) atoms. The second kappa shape index (κ2) is 5.54. The Labute approximate surface area is 131 Å². The molecule has 0 spiro atoms. The second-order valence-corrected chi connectivity index (χ2v) is 6.11. The van der Waals surface area contributed by atoms with Crippen LogP contribution < -0.4 is 0 Å². The number of hydrogen-bond donors (Lipinski definition) is 1. The van der Waals surface area contributed by atoms with E-state index in [-0.39, 0.29) is 0 Å². The highest BCUT2D eigenvalue weighted by molar-refractivity contribution is 9.10. The van der Waals surface area contributed by atoms with E-state index in [4.69, 9.17) is 12.2 Å². The van der Waals surface area contributed by atoms with Gasteiger partial charge in [0.1, 0.15) is 0 Å². The summed E-state index contributed by atoms with van der Waals surface area (Å²) < 4.78 is 3.92. The summed E-state index contributed by atoms with van der Waals surface area (Å²) in [5.74, 6) is 0. The number of H-pyrrole nitrogens is 1. The molecule has 3 rings (SSSR count). The summed E-state index contributed by atoms with van der Waals surface area (Å²) in [6, 6.07) is 14.6. The van der Waals surface area contributed by atoms with Crippen LogP contribution in [-0.4, -0.2) is 9.55 Å². The van der Waals surface area contributed by atoms with Crippen molar-refractivity contribution >= 4 is 39.2 Å². The number of rotatable bonds is 3. The molecule has 0 unspecified atom stereocenters. The van der Waals surface area contributed by atoms with Gasteiger partial charge in [0.15, 0.2) is 4.77 Å². The van der Waals surface area contributed by atoms with E-state index < -0.39 is 0 Å². The summed E-state index contributed by atoms with van der Waals surface area (Å²) in [6.45, 7) is 2.20. The van der Waals surface area contributed by atoms with Gasteiger partial charge in [-0.15, -0.1) is 0 Å². The van der Waals surface area contributed by atoms with E-state index in [1.165, 1.54) is 11.3 Å². The van der Waals surface area contributed by atoms with Crippen LogP contribution in [-0.2, 0) is 6.42 Å². The van der Waals surface area contributed by atoms with E-state index in [1.54, 1.807) is 0 Å². The van der Waals surface area contributed by atoms with E-state index >= 15 is 0 Å². The number of hydrogen-bond acceptors (Lipinski definition) is 1. The van der Waals surface area contributed by atoms with Crippen molar-refractivity contribution in [1.29, 1.82) is 0 Å². The third-order valence-corrected chi connectivity index (χ3v) is 4.18. The Morgan fingerprint density at radius 2 is 2.00 bits per heavy atom. The van der Waals surface area contributed by atoms with Crippen LogP contribution in [0.1, 0.15) is 18.9 Å². The highest BCUT2D eigenvalue weighted by Crippen LogP contribution is 2.25. The van der Waals surface area contributed by atoms with E-state index in [9.17, 15) is 0 Å². The number of aryl methyl sites for hydroxylation is 1. The highest BCUT2D eigenvalue weighted by atomic mass is 79.9. The first-order valence-electron chi connectivity index (χ1n) is 6.69. The van der Waals surface area contributed by atoms with Gasteiger partial charge in [0.05, 0.1) is 16.7 Å². The van der Waals surface area contributed by atoms with Crippen LogP contribution in [0.15, 0.2) is 46.9 Å². The van der Waals surface area contributed by atoms with Gasteiger partial charge < -0.3 is 4.98 Å². The van der Waals surface area contributed by atoms with Crippen molar-refractivity contribution in [2.24, 2.45) is 0 Å². The third-order valence-electron chi connectivity index (χ3n) is 3.40. The van der Waals surface area contributed by atoms with Crippen molar-refractivity contribution in [3.05, 3.63) is 57.3 Å². The summed E-state index contributed by atoms with van der Waals surface area (Å²) >= 11 is 9.05. The first-order valence-corrected chi connectivity index (χ1v) is 7.89. The van der Waals surface area contributed by atoms with Crippen molar-refractivity contribution in [3.8, 4) is 5.69 Å².